The molecule has 0 saturated heterocycles. The molecule has 0 aliphatic heterocycles. The summed E-state index contributed by atoms with van der Waals surface area (Å²) >= 11 is 13.0. The summed E-state index contributed by atoms with van der Waals surface area (Å²) in [4.78, 5) is 0. The van der Waals surface area contributed by atoms with Gasteiger partial charge < -0.3 is 0 Å². The van der Waals surface area contributed by atoms with Gasteiger partial charge in [0.25, 0.3) is 0 Å². The summed E-state index contributed by atoms with van der Waals surface area (Å²) in [6.45, 7) is 2.96. The molecular formula is C13H15Br2ClN4. The van der Waals surface area contributed by atoms with Crippen molar-refractivity contribution in [3.8, 4) is 0 Å². The van der Waals surface area contributed by atoms with Crippen LogP contribution in [0.25, 0.3) is 0 Å². The minimum absolute atomic E-state index is 0.160. The van der Waals surface area contributed by atoms with Crippen molar-refractivity contribution in [2.24, 2.45) is 5.84 Å². The van der Waals surface area contributed by atoms with E-state index in [0.717, 1.165) is 33.2 Å². The van der Waals surface area contributed by atoms with Crippen molar-refractivity contribution < 1.29 is 0 Å². The number of aryl methyl sites for hydroxylation is 1. The van der Waals surface area contributed by atoms with Crippen molar-refractivity contribution in [1.29, 1.82) is 0 Å². The Morgan fingerprint density at radius 1 is 1.40 bits per heavy atom. The first kappa shape index (κ1) is 16.0. The Bertz CT molecular complexity index is 600. The summed E-state index contributed by atoms with van der Waals surface area (Å²) in [7, 11) is 0. The molecule has 3 N–H and O–H groups in total. The Morgan fingerprint density at radius 3 is 2.75 bits per heavy atom. The molecule has 108 valence electrons. The number of hydrogen-bond acceptors (Lipinski definition) is 3. The van der Waals surface area contributed by atoms with Gasteiger partial charge in [-0.15, -0.1) is 0 Å². The molecule has 1 unspecified atom stereocenters. The maximum absolute atomic E-state index is 6.04. The molecule has 4 nitrogen and oxygen atoms in total. The summed E-state index contributed by atoms with van der Waals surface area (Å²) in [6, 6.07) is 5.60. The monoisotopic (exact) mass is 420 g/mol. The molecule has 2 rings (SSSR count). The van der Waals surface area contributed by atoms with E-state index in [1.807, 2.05) is 22.9 Å². The lowest BCUT2D eigenvalue weighted by Crippen LogP contribution is -2.31. The average molecular weight is 423 g/mol. The molecule has 7 heteroatoms. The van der Waals surface area contributed by atoms with Gasteiger partial charge in [-0.25, -0.2) is 5.43 Å². The van der Waals surface area contributed by atoms with Crippen LogP contribution < -0.4 is 11.3 Å². The number of nitrogens with one attached hydrogen (secondary N) is 1. The Hall–Kier alpha value is -0.400. The predicted molar refractivity (Wildman–Crippen MR) is 88.5 cm³/mol. The lowest BCUT2D eigenvalue weighted by atomic mass is 10.0. The summed E-state index contributed by atoms with van der Waals surface area (Å²) in [6.07, 6.45) is 2.79. The van der Waals surface area contributed by atoms with Crippen LogP contribution in [0.3, 0.4) is 0 Å². The van der Waals surface area contributed by atoms with Gasteiger partial charge in [-0.3, -0.25) is 10.5 Å². The summed E-state index contributed by atoms with van der Waals surface area (Å²) in [5.41, 5.74) is 4.87. The smallest absolute Gasteiger partial charge is 0.0890 e. The molecule has 0 spiro atoms. The highest BCUT2D eigenvalue weighted by atomic mass is 79.9. The maximum atomic E-state index is 6.04. The molecule has 1 heterocycles. The Balaban J connectivity index is 2.46. The largest absolute Gasteiger partial charge is 0.271 e. The minimum Gasteiger partial charge on any atom is -0.271 e. The lowest BCUT2D eigenvalue weighted by molar-refractivity contribution is 0.519. The summed E-state index contributed by atoms with van der Waals surface area (Å²) in [5, 5.41) is 5.05. The zero-order chi connectivity index (χ0) is 14.7. The standard InChI is InChI=1S/C13H15Br2ClN4/c1-2-5-20-13(10(15)7-18-20)12(19-17)8-3-4-11(16)9(14)6-8/h3-4,6-7,12,19H,2,5,17H2,1H3. The van der Waals surface area contributed by atoms with E-state index < -0.39 is 0 Å². The van der Waals surface area contributed by atoms with Gasteiger partial charge >= 0.3 is 0 Å². The van der Waals surface area contributed by atoms with E-state index in [2.05, 4.69) is 49.3 Å². The number of aromatic nitrogens is 2. The molecule has 1 aromatic carbocycles. The number of benzene rings is 1. The van der Waals surface area contributed by atoms with Crippen molar-refractivity contribution in [3.05, 3.63) is 49.6 Å². The third kappa shape index (κ3) is 3.26. The molecule has 0 amide bonds. The average Bonchev–Trinajstić information content (AvgIpc) is 2.77. The van der Waals surface area contributed by atoms with E-state index in [0.29, 0.717) is 5.02 Å². The van der Waals surface area contributed by atoms with Crippen molar-refractivity contribution in [3.63, 3.8) is 0 Å². The van der Waals surface area contributed by atoms with E-state index >= 15 is 0 Å². The van der Waals surface area contributed by atoms with Crippen LogP contribution in [0.4, 0.5) is 0 Å². The van der Waals surface area contributed by atoms with Crippen LogP contribution in [-0.4, -0.2) is 9.78 Å². The van der Waals surface area contributed by atoms with Crippen LogP contribution in [0.2, 0.25) is 5.02 Å². The number of nitrogens with zero attached hydrogens (tertiary/aromatic N) is 2. The number of rotatable bonds is 5. The molecule has 0 saturated carbocycles. The van der Waals surface area contributed by atoms with E-state index in [9.17, 15) is 0 Å². The van der Waals surface area contributed by atoms with Crippen LogP contribution in [0.15, 0.2) is 33.3 Å². The molecule has 0 radical (unpaired) electrons. The molecule has 2 aromatic rings. The van der Waals surface area contributed by atoms with Crippen LogP contribution in [0.5, 0.6) is 0 Å². The molecule has 0 aliphatic rings. The van der Waals surface area contributed by atoms with Crippen LogP contribution >= 0.6 is 43.5 Å². The molecule has 0 fully saturated rings. The minimum atomic E-state index is -0.160. The molecule has 1 atom stereocenters. The molecular weight excluding hydrogens is 407 g/mol. The van der Waals surface area contributed by atoms with Gasteiger partial charge in [0.1, 0.15) is 0 Å². The molecule has 20 heavy (non-hydrogen) atoms. The van der Waals surface area contributed by atoms with Gasteiger partial charge in [-0.05, 0) is 56.0 Å². The highest BCUT2D eigenvalue weighted by molar-refractivity contribution is 9.10. The van der Waals surface area contributed by atoms with Crippen LogP contribution in [0, 0.1) is 0 Å². The van der Waals surface area contributed by atoms with Crippen molar-refractivity contribution in [2.75, 3.05) is 0 Å². The SMILES string of the molecule is CCCn1ncc(Br)c1C(NN)c1ccc(Cl)c(Br)c1. The zero-order valence-corrected chi connectivity index (χ0v) is 14.8. The normalized spacial score (nSPS) is 12.7. The predicted octanol–water partition coefficient (Wildman–Crippen LogP) is 4.02. The highest BCUT2D eigenvalue weighted by Gasteiger charge is 2.21. The van der Waals surface area contributed by atoms with Crippen molar-refractivity contribution in [1.82, 2.24) is 15.2 Å². The maximum Gasteiger partial charge on any atom is 0.0890 e. The fraction of sp³-hybridized carbons (Fsp3) is 0.308. The Kier molecular flexibility index (Phi) is 5.63. The third-order valence-corrected chi connectivity index (χ3v) is 4.81. The first-order chi connectivity index (χ1) is 9.58. The molecule has 1 aromatic heterocycles. The number of halogens is 3. The van der Waals surface area contributed by atoms with Gasteiger partial charge in [0.05, 0.1) is 27.4 Å². The zero-order valence-electron chi connectivity index (χ0n) is 10.9. The molecule has 0 aliphatic carbocycles. The van der Waals surface area contributed by atoms with Gasteiger partial charge in [-0.1, -0.05) is 24.6 Å². The summed E-state index contributed by atoms with van der Waals surface area (Å²) < 4.78 is 3.73. The quantitative estimate of drug-likeness (QED) is 0.565. The van der Waals surface area contributed by atoms with Crippen LogP contribution in [-0.2, 0) is 6.54 Å². The van der Waals surface area contributed by atoms with E-state index in [1.54, 1.807) is 6.20 Å². The van der Waals surface area contributed by atoms with Crippen LogP contribution in [0.1, 0.15) is 30.6 Å². The van der Waals surface area contributed by atoms with E-state index in [4.69, 9.17) is 17.4 Å². The lowest BCUT2D eigenvalue weighted by Gasteiger charge is -2.19. The summed E-state index contributed by atoms with van der Waals surface area (Å²) in [5.74, 6) is 5.76. The fourth-order valence-electron chi connectivity index (χ4n) is 2.07. The van der Waals surface area contributed by atoms with Crippen molar-refractivity contribution >= 4 is 43.5 Å². The fourth-order valence-corrected chi connectivity index (χ4v) is 3.11. The first-order valence-corrected chi connectivity index (χ1v) is 8.17. The molecule has 0 bridgehead atoms. The van der Waals surface area contributed by atoms with Crippen molar-refractivity contribution in [2.45, 2.75) is 25.9 Å². The van der Waals surface area contributed by atoms with Gasteiger partial charge in [0.2, 0.25) is 0 Å². The highest BCUT2D eigenvalue weighted by Crippen LogP contribution is 2.32. The second-order valence-corrected chi connectivity index (χ2v) is 6.49. The topological polar surface area (TPSA) is 55.9 Å². The number of hydrazine groups is 1. The van der Waals surface area contributed by atoms with Gasteiger partial charge in [-0.2, -0.15) is 5.10 Å². The van der Waals surface area contributed by atoms with E-state index in [1.165, 1.54) is 0 Å². The van der Waals surface area contributed by atoms with Gasteiger partial charge in [0.15, 0.2) is 0 Å². The first-order valence-electron chi connectivity index (χ1n) is 6.20. The van der Waals surface area contributed by atoms with E-state index in [-0.39, 0.29) is 6.04 Å². The third-order valence-electron chi connectivity index (χ3n) is 2.99. The Labute approximate surface area is 139 Å². The number of hydrogen-bond donors (Lipinski definition) is 2. The number of nitrogens with two attached hydrogens (primary N) is 1. The second-order valence-electron chi connectivity index (χ2n) is 4.37. The Morgan fingerprint density at radius 2 is 2.15 bits per heavy atom. The second kappa shape index (κ2) is 7.04. The van der Waals surface area contributed by atoms with Gasteiger partial charge in [0, 0.05) is 11.0 Å².